The molecule has 12 nitrogen and oxygen atoms in total. The minimum absolute atomic E-state index is 0.110. The highest BCUT2D eigenvalue weighted by atomic mass is 16.6. The summed E-state index contributed by atoms with van der Waals surface area (Å²) in [5.41, 5.74) is 12.6. The van der Waals surface area contributed by atoms with Crippen molar-refractivity contribution in [3.8, 4) is 5.75 Å². The van der Waals surface area contributed by atoms with Crippen LogP contribution in [0.5, 0.6) is 5.75 Å². The first-order valence-electron chi connectivity index (χ1n) is 10.9. The maximum Gasteiger partial charge on any atom is 0.296 e. The average Bonchev–Trinajstić information content (AvgIpc) is 2.87. The second-order valence-corrected chi connectivity index (χ2v) is 7.85. The normalized spacial score (nSPS) is 11.0. The predicted molar refractivity (Wildman–Crippen MR) is 138 cm³/mol. The van der Waals surface area contributed by atoms with Crippen LogP contribution in [0.2, 0.25) is 0 Å². The van der Waals surface area contributed by atoms with E-state index in [-0.39, 0.29) is 11.4 Å². The number of benzene rings is 3. The van der Waals surface area contributed by atoms with Crippen LogP contribution in [-0.2, 0) is 0 Å². The highest BCUT2D eigenvalue weighted by molar-refractivity contribution is 5.64. The molecule has 36 heavy (non-hydrogen) atoms. The molecule has 0 saturated carbocycles. The van der Waals surface area contributed by atoms with Gasteiger partial charge in [0.25, 0.3) is 5.69 Å². The van der Waals surface area contributed by atoms with E-state index in [1.807, 2.05) is 43.1 Å². The molecular weight excluding hydrogens is 462 g/mol. The summed E-state index contributed by atoms with van der Waals surface area (Å²) in [6.07, 6.45) is 0. The van der Waals surface area contributed by atoms with Crippen LogP contribution in [0.15, 0.2) is 80.2 Å². The Morgan fingerprint density at radius 3 is 2.33 bits per heavy atom. The number of anilines is 1. The van der Waals surface area contributed by atoms with Crippen molar-refractivity contribution in [3.63, 3.8) is 0 Å². The predicted octanol–water partition coefficient (Wildman–Crippen LogP) is 7.80. The van der Waals surface area contributed by atoms with Crippen LogP contribution in [0.4, 0.5) is 34.1 Å². The van der Waals surface area contributed by atoms with E-state index in [4.69, 9.17) is 10.3 Å². The van der Waals surface area contributed by atoms with Gasteiger partial charge in [0.05, 0.1) is 23.4 Å². The number of hydrogen-bond acceptors (Lipinski definition) is 9. The van der Waals surface area contributed by atoms with E-state index in [1.165, 1.54) is 13.2 Å². The van der Waals surface area contributed by atoms with Gasteiger partial charge in [-0.15, -0.1) is 15.3 Å². The third-order valence-electron chi connectivity index (χ3n) is 5.25. The Hall–Kier alpha value is -4.83. The zero-order valence-corrected chi connectivity index (χ0v) is 20.4. The lowest BCUT2D eigenvalue weighted by molar-refractivity contribution is -0.384. The Morgan fingerprint density at radius 1 is 0.972 bits per heavy atom. The first-order valence-corrected chi connectivity index (χ1v) is 10.9. The number of nitro groups is 1. The largest absolute Gasteiger partial charge is 0.494 e. The molecular formula is C24H25N9O3. The summed E-state index contributed by atoms with van der Waals surface area (Å²) in [5.74, 6) is 0.436. The van der Waals surface area contributed by atoms with Gasteiger partial charge in [0, 0.05) is 42.9 Å². The molecule has 0 unspecified atom stereocenters. The SMILES string of the molecule is COc1cc(N=Nc2ccc(C)cc2[N+](=O)[O-])c(C)cc1N=Nc1ccc(N(C)CCN=[N+]=[N-])cc1. The summed E-state index contributed by atoms with van der Waals surface area (Å²) in [5, 5.41) is 31.8. The number of ether oxygens (including phenoxy) is 1. The fourth-order valence-corrected chi connectivity index (χ4v) is 3.24. The fourth-order valence-electron chi connectivity index (χ4n) is 3.24. The van der Waals surface area contributed by atoms with Crippen LogP contribution in [0.25, 0.3) is 10.4 Å². The molecule has 3 aromatic carbocycles. The molecule has 0 radical (unpaired) electrons. The lowest BCUT2D eigenvalue weighted by Crippen LogP contribution is -2.20. The second-order valence-electron chi connectivity index (χ2n) is 7.85. The van der Waals surface area contributed by atoms with Gasteiger partial charge < -0.3 is 9.64 Å². The molecule has 0 spiro atoms. The summed E-state index contributed by atoms with van der Waals surface area (Å²) in [6, 6.07) is 15.7. The van der Waals surface area contributed by atoms with Gasteiger partial charge in [0.15, 0.2) is 5.69 Å². The van der Waals surface area contributed by atoms with E-state index >= 15 is 0 Å². The molecule has 184 valence electrons. The van der Waals surface area contributed by atoms with Gasteiger partial charge in [0.1, 0.15) is 11.4 Å². The monoisotopic (exact) mass is 487 g/mol. The number of hydrogen-bond donors (Lipinski definition) is 0. The summed E-state index contributed by atoms with van der Waals surface area (Å²) in [7, 11) is 3.42. The van der Waals surface area contributed by atoms with Crippen molar-refractivity contribution in [2.45, 2.75) is 13.8 Å². The van der Waals surface area contributed by atoms with E-state index in [9.17, 15) is 10.1 Å². The quantitative estimate of drug-likeness (QED) is 0.0940. The lowest BCUT2D eigenvalue weighted by Gasteiger charge is -2.17. The fraction of sp³-hybridized carbons (Fsp3) is 0.250. The molecule has 0 aliphatic carbocycles. The molecule has 3 rings (SSSR count). The highest BCUT2D eigenvalue weighted by Gasteiger charge is 2.14. The second kappa shape index (κ2) is 12.0. The molecule has 0 bridgehead atoms. The van der Waals surface area contributed by atoms with Crippen LogP contribution in [0.1, 0.15) is 11.1 Å². The van der Waals surface area contributed by atoms with Gasteiger partial charge in [-0.1, -0.05) is 11.2 Å². The highest BCUT2D eigenvalue weighted by Crippen LogP contribution is 2.37. The molecule has 0 amide bonds. The molecule has 0 saturated heterocycles. The molecule has 0 aliphatic heterocycles. The topological polar surface area (TPSA) is 154 Å². The molecule has 0 aromatic heterocycles. The molecule has 0 atom stereocenters. The minimum Gasteiger partial charge on any atom is -0.494 e. The zero-order chi connectivity index (χ0) is 26.1. The first-order chi connectivity index (χ1) is 17.3. The van der Waals surface area contributed by atoms with Crippen molar-refractivity contribution in [1.29, 1.82) is 0 Å². The van der Waals surface area contributed by atoms with Gasteiger partial charge in [-0.3, -0.25) is 10.1 Å². The molecule has 0 N–H and O–H groups in total. The van der Waals surface area contributed by atoms with Gasteiger partial charge in [-0.25, -0.2) is 0 Å². The van der Waals surface area contributed by atoms with Gasteiger partial charge in [-0.05, 0) is 66.9 Å². The Bertz CT molecular complexity index is 1350. The van der Waals surface area contributed by atoms with Crippen molar-refractivity contribution in [1.82, 2.24) is 0 Å². The van der Waals surface area contributed by atoms with Crippen LogP contribution in [-0.4, -0.2) is 32.2 Å². The third-order valence-corrected chi connectivity index (χ3v) is 5.25. The van der Waals surface area contributed by atoms with Crippen molar-refractivity contribution in [3.05, 3.63) is 86.3 Å². The lowest BCUT2D eigenvalue weighted by atomic mass is 10.1. The van der Waals surface area contributed by atoms with Gasteiger partial charge in [-0.2, -0.15) is 5.11 Å². The number of nitrogens with zero attached hydrogens (tertiary/aromatic N) is 9. The summed E-state index contributed by atoms with van der Waals surface area (Å²) >= 11 is 0. The van der Waals surface area contributed by atoms with Crippen LogP contribution in [0.3, 0.4) is 0 Å². The molecule has 0 aliphatic rings. The minimum atomic E-state index is -0.480. The number of rotatable bonds is 10. The molecule has 0 fully saturated rings. The van der Waals surface area contributed by atoms with Gasteiger partial charge >= 0.3 is 0 Å². The number of likely N-dealkylation sites (N-methyl/N-ethyl adjacent to an activating group) is 1. The Morgan fingerprint density at radius 2 is 1.67 bits per heavy atom. The summed E-state index contributed by atoms with van der Waals surface area (Å²) < 4.78 is 5.45. The maximum atomic E-state index is 11.3. The number of azide groups is 1. The standard InChI is InChI=1S/C24H25N9O3/c1-16-5-10-20(23(13-16)33(34)35)28-29-21-15-24(36-4)22(14-17(21)2)30-27-18-6-8-19(9-7-18)32(3)12-11-26-31-25/h5-10,13-15H,11-12H2,1-4H3. The Labute approximate surface area is 207 Å². The summed E-state index contributed by atoms with van der Waals surface area (Å²) in [6.45, 7) is 4.59. The Balaban J connectivity index is 1.80. The van der Waals surface area contributed by atoms with Crippen molar-refractivity contribution < 1.29 is 9.66 Å². The molecule has 0 heterocycles. The van der Waals surface area contributed by atoms with Crippen molar-refractivity contribution >= 4 is 34.1 Å². The van der Waals surface area contributed by atoms with Crippen LogP contribution < -0.4 is 9.64 Å². The van der Waals surface area contributed by atoms with E-state index in [0.29, 0.717) is 35.9 Å². The van der Waals surface area contributed by atoms with Gasteiger partial charge in [0.2, 0.25) is 0 Å². The molecule has 3 aromatic rings. The number of methoxy groups -OCH3 is 1. The average molecular weight is 488 g/mol. The number of azo groups is 2. The smallest absolute Gasteiger partial charge is 0.296 e. The maximum absolute atomic E-state index is 11.3. The van der Waals surface area contributed by atoms with Crippen molar-refractivity contribution in [2.75, 3.05) is 32.1 Å². The number of nitro benzene ring substituents is 1. The van der Waals surface area contributed by atoms with E-state index in [1.54, 1.807) is 31.2 Å². The third kappa shape index (κ3) is 6.61. The van der Waals surface area contributed by atoms with Crippen LogP contribution >= 0.6 is 0 Å². The zero-order valence-electron chi connectivity index (χ0n) is 20.4. The van der Waals surface area contributed by atoms with Crippen LogP contribution in [0, 0.1) is 24.0 Å². The van der Waals surface area contributed by atoms with E-state index < -0.39 is 4.92 Å². The Kier molecular flexibility index (Phi) is 8.63. The number of aryl methyl sites for hydroxylation is 2. The summed E-state index contributed by atoms with van der Waals surface area (Å²) in [4.78, 5) is 15.6. The van der Waals surface area contributed by atoms with E-state index in [2.05, 4.69) is 30.5 Å². The first kappa shape index (κ1) is 25.8. The van der Waals surface area contributed by atoms with E-state index in [0.717, 1.165) is 16.8 Å². The van der Waals surface area contributed by atoms with Crippen molar-refractivity contribution in [2.24, 2.45) is 25.6 Å². The molecule has 12 heteroatoms.